The summed E-state index contributed by atoms with van der Waals surface area (Å²) in [5.41, 5.74) is 2.89. The van der Waals surface area contributed by atoms with E-state index in [-0.39, 0.29) is 17.1 Å². The lowest BCUT2D eigenvalue weighted by Crippen LogP contribution is -2.29. The second-order valence-electron chi connectivity index (χ2n) is 8.10. The fourth-order valence-corrected chi connectivity index (χ4v) is 3.09. The van der Waals surface area contributed by atoms with Crippen molar-refractivity contribution < 1.29 is 9.18 Å². The van der Waals surface area contributed by atoms with Gasteiger partial charge in [0.05, 0.1) is 0 Å². The van der Waals surface area contributed by atoms with Gasteiger partial charge in [-0.25, -0.2) is 9.37 Å². The van der Waals surface area contributed by atoms with Crippen LogP contribution >= 0.6 is 0 Å². The third kappa shape index (κ3) is 5.19. The molecule has 5 heteroatoms. The third-order valence-electron chi connectivity index (χ3n) is 4.79. The average molecular weight is 391 g/mol. The van der Waals surface area contributed by atoms with Crippen LogP contribution in [0.5, 0.6) is 0 Å². The van der Waals surface area contributed by atoms with Gasteiger partial charge in [-0.2, -0.15) is 0 Å². The van der Waals surface area contributed by atoms with Gasteiger partial charge >= 0.3 is 0 Å². The fourth-order valence-electron chi connectivity index (χ4n) is 3.09. The van der Waals surface area contributed by atoms with Crippen molar-refractivity contribution in [2.45, 2.75) is 32.2 Å². The highest BCUT2D eigenvalue weighted by molar-refractivity contribution is 5.92. The van der Waals surface area contributed by atoms with Gasteiger partial charge in [0.2, 0.25) is 5.91 Å². The Bertz CT molecular complexity index is 1010. The molecule has 1 atom stereocenters. The van der Waals surface area contributed by atoms with Crippen LogP contribution in [0.4, 0.5) is 4.39 Å². The molecule has 0 bridgehead atoms. The van der Waals surface area contributed by atoms with Gasteiger partial charge < -0.3 is 9.88 Å². The summed E-state index contributed by atoms with van der Waals surface area (Å²) in [4.78, 5) is 16.9. The molecule has 0 saturated carbocycles. The van der Waals surface area contributed by atoms with E-state index < -0.39 is 6.04 Å². The molecule has 150 valence electrons. The van der Waals surface area contributed by atoms with Crippen LogP contribution in [-0.4, -0.2) is 15.5 Å². The summed E-state index contributed by atoms with van der Waals surface area (Å²) < 4.78 is 15.5. The molecular formula is C24H26FN3O. The summed E-state index contributed by atoms with van der Waals surface area (Å²) in [6, 6.07) is 13.8. The number of aromatic nitrogens is 2. The number of hydrogen-bond donors (Lipinski definition) is 1. The number of carbonyl (C=O) groups excluding carboxylic acids is 1. The van der Waals surface area contributed by atoms with Gasteiger partial charge in [0, 0.05) is 25.5 Å². The first-order valence-electron chi connectivity index (χ1n) is 9.56. The summed E-state index contributed by atoms with van der Waals surface area (Å²) in [6.07, 6.45) is 6.70. The van der Waals surface area contributed by atoms with E-state index in [2.05, 4.69) is 43.2 Å². The lowest BCUT2D eigenvalue weighted by Gasteiger charge is -2.19. The van der Waals surface area contributed by atoms with E-state index in [1.807, 2.05) is 23.7 Å². The van der Waals surface area contributed by atoms with Gasteiger partial charge in [-0.1, -0.05) is 57.2 Å². The van der Waals surface area contributed by atoms with Gasteiger partial charge in [0.1, 0.15) is 17.7 Å². The van der Waals surface area contributed by atoms with Crippen LogP contribution in [0.3, 0.4) is 0 Å². The number of amides is 1. The maximum absolute atomic E-state index is 13.7. The normalized spacial score (nSPS) is 12.9. The second kappa shape index (κ2) is 8.43. The second-order valence-corrected chi connectivity index (χ2v) is 8.10. The maximum atomic E-state index is 13.7. The lowest BCUT2D eigenvalue weighted by atomic mass is 9.87. The summed E-state index contributed by atoms with van der Waals surface area (Å²) in [6.45, 7) is 6.49. The molecular weight excluding hydrogens is 365 g/mol. The molecule has 0 aliphatic rings. The number of aryl methyl sites for hydroxylation is 1. The Labute approximate surface area is 171 Å². The van der Waals surface area contributed by atoms with E-state index >= 15 is 0 Å². The quantitative estimate of drug-likeness (QED) is 0.637. The number of nitrogens with zero attached hydrogens (tertiary/aromatic N) is 2. The SMILES string of the molecule is Cn1ccnc1[C@H](NC(=O)/C=C/c1ccc(C(C)(C)C)cc1)c1cccc(F)c1. The van der Waals surface area contributed by atoms with Crippen molar-refractivity contribution in [2.24, 2.45) is 7.05 Å². The van der Waals surface area contributed by atoms with Crippen LogP contribution in [0, 0.1) is 5.82 Å². The minimum atomic E-state index is -0.550. The summed E-state index contributed by atoms with van der Waals surface area (Å²) in [5, 5.41) is 2.93. The smallest absolute Gasteiger partial charge is 0.244 e. The molecule has 0 saturated heterocycles. The minimum absolute atomic E-state index is 0.0832. The van der Waals surface area contributed by atoms with Crippen molar-refractivity contribution in [3.05, 3.63) is 95.3 Å². The molecule has 1 heterocycles. The van der Waals surface area contributed by atoms with Crippen molar-refractivity contribution in [3.8, 4) is 0 Å². The highest BCUT2D eigenvalue weighted by Crippen LogP contribution is 2.23. The van der Waals surface area contributed by atoms with E-state index in [0.717, 1.165) is 5.56 Å². The molecule has 3 rings (SSSR count). The van der Waals surface area contributed by atoms with Crippen LogP contribution in [0.2, 0.25) is 0 Å². The van der Waals surface area contributed by atoms with Gasteiger partial charge in [0.25, 0.3) is 0 Å². The number of benzene rings is 2. The Kier molecular flexibility index (Phi) is 5.97. The van der Waals surface area contributed by atoms with Crippen molar-refractivity contribution in [1.82, 2.24) is 14.9 Å². The first-order chi connectivity index (χ1) is 13.7. The van der Waals surface area contributed by atoms with E-state index in [1.165, 1.54) is 23.8 Å². The third-order valence-corrected chi connectivity index (χ3v) is 4.79. The fraction of sp³-hybridized carbons (Fsp3) is 0.250. The van der Waals surface area contributed by atoms with Crippen LogP contribution in [0.1, 0.15) is 49.3 Å². The number of hydrogen-bond acceptors (Lipinski definition) is 2. The molecule has 4 nitrogen and oxygen atoms in total. The molecule has 1 aromatic heterocycles. The number of rotatable bonds is 5. The Morgan fingerprint density at radius 1 is 1.17 bits per heavy atom. The number of halogens is 1. The number of carbonyl (C=O) groups is 1. The molecule has 29 heavy (non-hydrogen) atoms. The molecule has 0 aliphatic carbocycles. The molecule has 1 N–H and O–H groups in total. The molecule has 0 radical (unpaired) electrons. The predicted molar refractivity (Wildman–Crippen MR) is 114 cm³/mol. The zero-order valence-electron chi connectivity index (χ0n) is 17.2. The summed E-state index contributed by atoms with van der Waals surface area (Å²) in [5.74, 6) is -0.000484. The van der Waals surface area contributed by atoms with Crippen molar-refractivity contribution in [2.75, 3.05) is 0 Å². The van der Waals surface area contributed by atoms with E-state index in [0.29, 0.717) is 11.4 Å². The van der Waals surface area contributed by atoms with Crippen molar-refractivity contribution in [1.29, 1.82) is 0 Å². The zero-order chi connectivity index (χ0) is 21.0. The molecule has 1 amide bonds. The topological polar surface area (TPSA) is 46.9 Å². The van der Waals surface area contributed by atoms with Gasteiger partial charge in [-0.15, -0.1) is 0 Å². The van der Waals surface area contributed by atoms with Crippen molar-refractivity contribution in [3.63, 3.8) is 0 Å². The number of imidazole rings is 1. The van der Waals surface area contributed by atoms with Crippen molar-refractivity contribution >= 4 is 12.0 Å². The molecule has 0 aliphatic heterocycles. The maximum Gasteiger partial charge on any atom is 0.244 e. The first-order valence-corrected chi connectivity index (χ1v) is 9.56. The van der Waals surface area contributed by atoms with E-state index in [4.69, 9.17) is 0 Å². The van der Waals surface area contributed by atoms with Gasteiger partial charge in [0.15, 0.2) is 0 Å². The Morgan fingerprint density at radius 3 is 2.48 bits per heavy atom. The Balaban J connectivity index is 1.78. The monoisotopic (exact) mass is 391 g/mol. The Hall–Kier alpha value is -3.21. The zero-order valence-corrected chi connectivity index (χ0v) is 17.2. The summed E-state index contributed by atoms with van der Waals surface area (Å²) >= 11 is 0. The standard InChI is InChI=1S/C24H26FN3O/c1-24(2,3)19-11-8-17(9-12-19)10-13-21(29)27-22(23-26-14-15-28(23)4)18-6-5-7-20(25)16-18/h5-16,22H,1-4H3,(H,27,29)/b13-10+/t22-/m1/s1. The highest BCUT2D eigenvalue weighted by atomic mass is 19.1. The average Bonchev–Trinajstić information content (AvgIpc) is 3.09. The van der Waals surface area contributed by atoms with E-state index in [9.17, 15) is 9.18 Å². The molecule has 0 spiro atoms. The first kappa shape index (κ1) is 20.5. The highest BCUT2D eigenvalue weighted by Gasteiger charge is 2.20. The van der Waals surface area contributed by atoms with E-state index in [1.54, 1.807) is 30.6 Å². The largest absolute Gasteiger partial charge is 0.339 e. The summed E-state index contributed by atoms with van der Waals surface area (Å²) in [7, 11) is 1.84. The predicted octanol–water partition coefficient (Wildman–Crippen LogP) is 4.78. The molecule has 2 aromatic carbocycles. The van der Waals surface area contributed by atoms with Gasteiger partial charge in [-0.05, 0) is 40.3 Å². The van der Waals surface area contributed by atoms with Crippen LogP contribution in [-0.2, 0) is 17.3 Å². The number of nitrogens with one attached hydrogen (secondary N) is 1. The van der Waals surface area contributed by atoms with Crippen LogP contribution in [0.25, 0.3) is 6.08 Å². The molecule has 0 unspecified atom stereocenters. The van der Waals surface area contributed by atoms with Crippen LogP contribution in [0.15, 0.2) is 67.0 Å². The lowest BCUT2D eigenvalue weighted by molar-refractivity contribution is -0.117. The van der Waals surface area contributed by atoms with Crippen LogP contribution < -0.4 is 5.32 Å². The minimum Gasteiger partial charge on any atom is -0.339 e. The molecule has 3 aromatic rings. The van der Waals surface area contributed by atoms with Gasteiger partial charge in [-0.3, -0.25) is 4.79 Å². The Morgan fingerprint density at radius 2 is 1.90 bits per heavy atom. The molecule has 0 fully saturated rings.